The fraction of sp³-hybridized carbons (Fsp3) is 0.579. The van der Waals surface area contributed by atoms with Crippen LogP contribution < -0.4 is 11.1 Å². The third-order valence-electron chi connectivity index (χ3n) is 5.92. The van der Waals surface area contributed by atoms with Crippen LogP contribution in [0.4, 0.5) is 5.69 Å². The van der Waals surface area contributed by atoms with Gasteiger partial charge in [0, 0.05) is 17.6 Å². The molecule has 4 atom stereocenters. The molecule has 2 aromatic heterocycles. The summed E-state index contributed by atoms with van der Waals surface area (Å²) in [5, 5.41) is 24.7. The summed E-state index contributed by atoms with van der Waals surface area (Å²) in [6, 6.07) is 1.83. The van der Waals surface area contributed by atoms with E-state index in [2.05, 4.69) is 10.3 Å². The summed E-state index contributed by atoms with van der Waals surface area (Å²) in [4.78, 5) is 34.2. The number of fused-ring (bicyclic) bond motifs is 1. The first-order valence-electron chi connectivity index (χ1n) is 10.5. The Morgan fingerprint density at radius 1 is 1.33 bits per heavy atom. The minimum atomic E-state index is -4.39. The van der Waals surface area contributed by atoms with E-state index in [0.717, 1.165) is 25.7 Å². The van der Waals surface area contributed by atoms with Gasteiger partial charge in [0.1, 0.15) is 41.0 Å². The summed E-state index contributed by atoms with van der Waals surface area (Å²) in [6.45, 7) is -0.340. The number of carbonyl (C=O) groups excluding carboxylic acids is 1. The van der Waals surface area contributed by atoms with E-state index in [1.54, 1.807) is 12.3 Å². The van der Waals surface area contributed by atoms with Crippen molar-refractivity contribution in [2.45, 2.75) is 56.3 Å². The summed E-state index contributed by atoms with van der Waals surface area (Å²) < 4.78 is 23.1. The van der Waals surface area contributed by atoms with Crippen LogP contribution in [0.2, 0.25) is 5.15 Å². The lowest BCUT2D eigenvalue weighted by atomic mass is 10.1. The second-order valence-corrected chi connectivity index (χ2v) is 10.3. The van der Waals surface area contributed by atoms with Crippen LogP contribution in [-0.4, -0.2) is 72.8 Å². The van der Waals surface area contributed by atoms with E-state index in [1.165, 1.54) is 4.57 Å². The van der Waals surface area contributed by atoms with Crippen LogP contribution in [0.3, 0.4) is 0 Å². The van der Waals surface area contributed by atoms with Crippen molar-refractivity contribution in [2.75, 3.05) is 18.3 Å². The molecule has 2 aliphatic rings. The Morgan fingerprint density at radius 3 is 2.67 bits per heavy atom. The molecule has 1 unspecified atom stereocenters. The highest BCUT2D eigenvalue weighted by Crippen LogP contribution is 2.39. The zero-order chi connectivity index (χ0) is 23.9. The molecule has 14 heteroatoms. The number of pyridine rings is 1. The maximum atomic E-state index is 12.1. The Morgan fingerprint density at radius 2 is 2.03 bits per heavy atom. The number of carbonyl (C=O) groups is 1. The number of amides is 1. The normalized spacial score (nSPS) is 26.3. The van der Waals surface area contributed by atoms with Gasteiger partial charge in [-0.2, -0.15) is 0 Å². The number of nitrogens with zero attached hydrogens (tertiary/aromatic N) is 2. The van der Waals surface area contributed by atoms with Crippen LogP contribution in [0.1, 0.15) is 42.3 Å². The van der Waals surface area contributed by atoms with Gasteiger partial charge < -0.3 is 45.1 Å². The maximum Gasteiger partial charge on any atom is 0.350 e. The summed E-state index contributed by atoms with van der Waals surface area (Å²) >= 11 is 6.32. The molecule has 4 rings (SSSR count). The van der Waals surface area contributed by atoms with Crippen molar-refractivity contribution >= 4 is 41.8 Å². The average Bonchev–Trinajstić information content (AvgIpc) is 3.43. The lowest BCUT2D eigenvalue weighted by Gasteiger charge is -2.20. The first-order valence-corrected chi connectivity index (χ1v) is 12.6. The maximum absolute atomic E-state index is 12.1. The van der Waals surface area contributed by atoms with E-state index < -0.39 is 44.4 Å². The first kappa shape index (κ1) is 24.4. The van der Waals surface area contributed by atoms with Crippen molar-refractivity contribution in [1.82, 2.24) is 9.55 Å². The van der Waals surface area contributed by atoms with E-state index in [9.17, 15) is 19.6 Å². The molecule has 1 aliphatic carbocycles. The highest BCUT2D eigenvalue weighted by molar-refractivity contribution is 7.51. The molecule has 0 spiro atoms. The summed E-state index contributed by atoms with van der Waals surface area (Å²) in [5.41, 5.74) is 6.40. The Kier molecular flexibility index (Phi) is 7.00. The number of anilines is 1. The molecule has 1 saturated heterocycles. The summed E-state index contributed by atoms with van der Waals surface area (Å²) in [7, 11) is -4.39. The molecule has 0 bridgehead atoms. The fourth-order valence-corrected chi connectivity index (χ4v) is 4.99. The van der Waals surface area contributed by atoms with Crippen molar-refractivity contribution in [3.05, 3.63) is 23.0 Å². The Bertz CT molecular complexity index is 1090. The van der Waals surface area contributed by atoms with Crippen LogP contribution in [0.5, 0.6) is 0 Å². The summed E-state index contributed by atoms with van der Waals surface area (Å²) in [5.74, 6) is -0.725. The third-order valence-corrected chi connectivity index (χ3v) is 6.71. The number of nitrogens with two attached hydrogens (primary N) is 1. The van der Waals surface area contributed by atoms with Gasteiger partial charge in [-0.15, -0.1) is 0 Å². The van der Waals surface area contributed by atoms with Crippen LogP contribution in [-0.2, 0) is 14.0 Å². The Balaban J connectivity index is 1.65. The van der Waals surface area contributed by atoms with E-state index in [1.807, 2.05) is 0 Å². The molecule has 182 valence electrons. The number of rotatable bonds is 8. The number of primary amides is 1. The quantitative estimate of drug-likeness (QED) is 0.222. The summed E-state index contributed by atoms with van der Waals surface area (Å²) in [6.07, 6.45) is -0.119. The number of aromatic nitrogens is 2. The van der Waals surface area contributed by atoms with E-state index in [4.69, 9.17) is 36.6 Å². The van der Waals surface area contributed by atoms with Crippen LogP contribution in [0.15, 0.2) is 12.3 Å². The van der Waals surface area contributed by atoms with Crippen molar-refractivity contribution in [3.63, 3.8) is 0 Å². The zero-order valence-electron chi connectivity index (χ0n) is 17.5. The van der Waals surface area contributed by atoms with Gasteiger partial charge in [0.05, 0.1) is 12.3 Å². The van der Waals surface area contributed by atoms with Gasteiger partial charge in [0.25, 0.3) is 5.91 Å². The highest BCUT2D eigenvalue weighted by atomic mass is 35.5. The molecule has 33 heavy (non-hydrogen) atoms. The molecule has 7 N–H and O–H groups in total. The molecule has 3 heterocycles. The second kappa shape index (κ2) is 9.47. The SMILES string of the molecule is NC(=O)c1c(Cl)nc2c(ccn2C2O[C@H](COCP(=O)(O)O)[C@@H](O)[C@H]2O)c1NC1CCCC1. The molecule has 1 saturated carbocycles. The predicted octanol–water partition coefficient (Wildman–Crippen LogP) is 0.914. The third kappa shape index (κ3) is 5.03. The fourth-order valence-electron chi connectivity index (χ4n) is 4.38. The lowest BCUT2D eigenvalue weighted by Crippen LogP contribution is -2.33. The minimum Gasteiger partial charge on any atom is -0.387 e. The number of aliphatic hydroxyl groups excluding tert-OH is 2. The molecular formula is C19H26ClN4O8P. The van der Waals surface area contributed by atoms with Gasteiger partial charge in [-0.25, -0.2) is 4.98 Å². The number of nitrogens with one attached hydrogen (secondary N) is 1. The van der Waals surface area contributed by atoms with Gasteiger partial charge in [0.2, 0.25) is 0 Å². The average molecular weight is 505 g/mol. The van der Waals surface area contributed by atoms with Crippen LogP contribution in [0, 0.1) is 0 Å². The standard InChI is InChI=1S/C19H26ClN4O8P/c20-16-12(17(21)27)13(22-9-3-1-2-4-9)10-5-6-24(18(10)23-16)19-15(26)14(25)11(32-19)7-31-8-33(28,29)30/h5-6,9,11,14-15,19,25-26H,1-4,7-8H2,(H2,21,27)(H,22,23)(H2,28,29,30)/t11-,14-,15-,19?/m1/s1. The number of halogens is 1. The second-order valence-electron chi connectivity index (χ2n) is 8.31. The van der Waals surface area contributed by atoms with Crippen LogP contribution >= 0.6 is 19.2 Å². The number of aliphatic hydroxyl groups is 2. The van der Waals surface area contributed by atoms with E-state index in [-0.39, 0.29) is 23.4 Å². The van der Waals surface area contributed by atoms with Gasteiger partial charge in [-0.3, -0.25) is 9.36 Å². The van der Waals surface area contributed by atoms with E-state index >= 15 is 0 Å². The number of hydrogen-bond donors (Lipinski definition) is 6. The van der Waals surface area contributed by atoms with Crippen molar-refractivity contribution in [1.29, 1.82) is 0 Å². The molecular weight excluding hydrogens is 479 g/mol. The van der Waals surface area contributed by atoms with Crippen molar-refractivity contribution in [3.8, 4) is 0 Å². The predicted molar refractivity (Wildman–Crippen MR) is 118 cm³/mol. The van der Waals surface area contributed by atoms with Gasteiger partial charge in [-0.05, 0) is 18.9 Å². The van der Waals surface area contributed by atoms with Gasteiger partial charge in [-0.1, -0.05) is 24.4 Å². The molecule has 2 aromatic rings. The van der Waals surface area contributed by atoms with E-state index in [0.29, 0.717) is 16.7 Å². The van der Waals surface area contributed by atoms with Crippen molar-refractivity contribution in [2.24, 2.45) is 5.73 Å². The molecule has 1 aliphatic heterocycles. The Labute approximate surface area is 193 Å². The zero-order valence-corrected chi connectivity index (χ0v) is 19.2. The van der Waals surface area contributed by atoms with Gasteiger partial charge in [0.15, 0.2) is 6.23 Å². The number of ether oxygens (including phenoxy) is 2. The molecule has 2 fully saturated rings. The van der Waals surface area contributed by atoms with Gasteiger partial charge >= 0.3 is 7.60 Å². The molecule has 0 aromatic carbocycles. The topological polar surface area (TPSA) is 189 Å². The first-order chi connectivity index (χ1) is 15.6. The Hall–Kier alpha value is -1.76. The minimum absolute atomic E-state index is 0.0745. The largest absolute Gasteiger partial charge is 0.387 e. The van der Waals surface area contributed by atoms with Crippen molar-refractivity contribution < 1.29 is 38.8 Å². The monoisotopic (exact) mass is 504 g/mol. The molecule has 1 amide bonds. The number of hydrogen-bond acceptors (Lipinski definition) is 8. The smallest absolute Gasteiger partial charge is 0.350 e. The highest BCUT2D eigenvalue weighted by Gasteiger charge is 2.44. The van der Waals surface area contributed by atoms with Crippen LogP contribution in [0.25, 0.3) is 11.0 Å². The lowest BCUT2D eigenvalue weighted by molar-refractivity contribution is -0.0610. The molecule has 0 radical (unpaired) electrons. The molecule has 12 nitrogen and oxygen atoms in total.